The maximum atomic E-state index is 12.2. The lowest BCUT2D eigenvalue weighted by molar-refractivity contribution is 0.0950. The van der Waals surface area contributed by atoms with Gasteiger partial charge in [0.25, 0.3) is 5.91 Å². The van der Waals surface area contributed by atoms with Crippen molar-refractivity contribution in [2.24, 2.45) is 0 Å². The van der Waals surface area contributed by atoms with Crippen molar-refractivity contribution in [1.82, 2.24) is 10.3 Å². The standard InChI is InChI=1S/C18H22N2O2S/c1-22-15-9-4-2-7-13(15)18(21)19-12-6-11-17-20-14-8-3-5-10-16(14)23-17/h2,4,7,9H,3,5-6,8,10-12H2,1H3,(H,19,21). The number of benzene rings is 1. The SMILES string of the molecule is COc1ccccc1C(=O)NCCCc1nc2c(s1)CCCC2. The van der Waals surface area contributed by atoms with Gasteiger partial charge in [-0.25, -0.2) is 4.98 Å². The summed E-state index contributed by atoms with van der Waals surface area (Å²) in [5.74, 6) is 0.526. The Balaban J connectivity index is 1.48. The topological polar surface area (TPSA) is 51.2 Å². The van der Waals surface area contributed by atoms with Crippen molar-refractivity contribution in [1.29, 1.82) is 0 Å². The van der Waals surface area contributed by atoms with Crippen LogP contribution in [0.15, 0.2) is 24.3 Å². The molecule has 0 bridgehead atoms. The lowest BCUT2D eigenvalue weighted by Crippen LogP contribution is -2.25. The van der Waals surface area contributed by atoms with Gasteiger partial charge < -0.3 is 10.1 Å². The summed E-state index contributed by atoms with van der Waals surface area (Å²) in [6.45, 7) is 0.654. The number of para-hydroxylation sites is 1. The van der Waals surface area contributed by atoms with Crippen LogP contribution in [-0.2, 0) is 19.3 Å². The number of nitrogens with one attached hydrogen (secondary N) is 1. The zero-order valence-corrected chi connectivity index (χ0v) is 14.2. The molecule has 3 rings (SSSR count). The minimum atomic E-state index is -0.0825. The maximum Gasteiger partial charge on any atom is 0.255 e. The van der Waals surface area contributed by atoms with Gasteiger partial charge in [0.2, 0.25) is 0 Å². The van der Waals surface area contributed by atoms with Crippen molar-refractivity contribution in [3.05, 3.63) is 45.4 Å². The van der Waals surface area contributed by atoms with Crippen LogP contribution in [0.25, 0.3) is 0 Å². The first kappa shape index (κ1) is 16.0. The quantitative estimate of drug-likeness (QED) is 0.826. The molecule has 0 atom stereocenters. The Morgan fingerprint density at radius 3 is 2.96 bits per heavy atom. The first-order valence-corrected chi connectivity index (χ1v) is 8.98. The number of amides is 1. The molecule has 4 nitrogen and oxygen atoms in total. The summed E-state index contributed by atoms with van der Waals surface area (Å²) >= 11 is 1.85. The molecule has 1 aromatic heterocycles. The molecule has 1 N–H and O–H groups in total. The Hall–Kier alpha value is -1.88. The highest BCUT2D eigenvalue weighted by Gasteiger charge is 2.15. The van der Waals surface area contributed by atoms with Crippen molar-refractivity contribution in [2.75, 3.05) is 13.7 Å². The fourth-order valence-corrected chi connectivity index (χ4v) is 4.08. The fraction of sp³-hybridized carbons (Fsp3) is 0.444. The predicted octanol–water partition coefficient (Wildman–Crippen LogP) is 3.39. The first-order valence-electron chi connectivity index (χ1n) is 8.16. The van der Waals surface area contributed by atoms with E-state index in [0.29, 0.717) is 17.9 Å². The average Bonchev–Trinajstić information content (AvgIpc) is 3.01. The number of hydrogen-bond acceptors (Lipinski definition) is 4. The van der Waals surface area contributed by atoms with E-state index in [2.05, 4.69) is 5.32 Å². The normalized spacial score (nSPS) is 13.4. The Kier molecular flexibility index (Phi) is 5.28. The van der Waals surface area contributed by atoms with E-state index >= 15 is 0 Å². The molecule has 1 aliphatic rings. The average molecular weight is 330 g/mol. The Bertz CT molecular complexity index is 658. The third-order valence-electron chi connectivity index (χ3n) is 4.09. The number of nitrogens with zero attached hydrogens (tertiary/aromatic N) is 1. The number of aryl methyl sites for hydroxylation is 3. The molecule has 0 unspecified atom stereocenters. The van der Waals surface area contributed by atoms with Crippen molar-refractivity contribution in [2.45, 2.75) is 38.5 Å². The molecule has 0 aliphatic heterocycles. The molecule has 1 aliphatic carbocycles. The summed E-state index contributed by atoms with van der Waals surface area (Å²) in [7, 11) is 1.58. The highest BCUT2D eigenvalue weighted by atomic mass is 32.1. The first-order chi connectivity index (χ1) is 11.3. The second-order valence-electron chi connectivity index (χ2n) is 5.74. The van der Waals surface area contributed by atoms with Crippen LogP contribution in [0.5, 0.6) is 5.75 Å². The zero-order valence-electron chi connectivity index (χ0n) is 13.4. The predicted molar refractivity (Wildman–Crippen MR) is 92.4 cm³/mol. The van der Waals surface area contributed by atoms with Crippen LogP contribution >= 0.6 is 11.3 Å². The minimum Gasteiger partial charge on any atom is -0.496 e. The van der Waals surface area contributed by atoms with Crippen molar-refractivity contribution < 1.29 is 9.53 Å². The van der Waals surface area contributed by atoms with E-state index in [1.807, 2.05) is 23.5 Å². The lowest BCUT2D eigenvalue weighted by atomic mass is 10.0. The van der Waals surface area contributed by atoms with E-state index in [1.54, 1.807) is 19.2 Å². The summed E-state index contributed by atoms with van der Waals surface area (Å²) in [6, 6.07) is 7.29. The van der Waals surface area contributed by atoms with Gasteiger partial charge in [0.15, 0.2) is 0 Å². The van der Waals surface area contributed by atoms with E-state index in [4.69, 9.17) is 9.72 Å². The molecule has 0 saturated carbocycles. The molecule has 1 aromatic carbocycles. The van der Waals surface area contributed by atoms with Gasteiger partial charge in [0.1, 0.15) is 5.75 Å². The molecule has 2 aromatic rings. The molecule has 122 valence electrons. The van der Waals surface area contributed by atoms with Gasteiger partial charge in [-0.2, -0.15) is 0 Å². The minimum absolute atomic E-state index is 0.0825. The van der Waals surface area contributed by atoms with Gasteiger partial charge in [-0.3, -0.25) is 4.79 Å². The Morgan fingerprint density at radius 2 is 2.13 bits per heavy atom. The van der Waals surface area contributed by atoms with Gasteiger partial charge >= 0.3 is 0 Å². The summed E-state index contributed by atoms with van der Waals surface area (Å²) < 4.78 is 5.22. The molecular formula is C18H22N2O2S. The molecule has 23 heavy (non-hydrogen) atoms. The fourth-order valence-electron chi connectivity index (χ4n) is 2.88. The molecular weight excluding hydrogens is 308 g/mol. The third kappa shape index (κ3) is 3.91. The number of carbonyl (C=O) groups excluding carboxylic acids is 1. The van der Waals surface area contributed by atoms with E-state index < -0.39 is 0 Å². The second-order valence-corrected chi connectivity index (χ2v) is 6.91. The highest BCUT2D eigenvalue weighted by molar-refractivity contribution is 7.11. The second kappa shape index (κ2) is 7.59. The van der Waals surface area contributed by atoms with Crippen LogP contribution < -0.4 is 10.1 Å². The smallest absolute Gasteiger partial charge is 0.255 e. The number of methoxy groups -OCH3 is 1. The molecule has 1 heterocycles. The number of carbonyl (C=O) groups is 1. The van der Waals surface area contributed by atoms with Crippen LogP contribution in [0.3, 0.4) is 0 Å². The number of fused-ring (bicyclic) bond motifs is 1. The zero-order chi connectivity index (χ0) is 16.1. The van der Waals surface area contributed by atoms with E-state index in [9.17, 15) is 4.79 Å². The van der Waals surface area contributed by atoms with Crippen LogP contribution in [0.4, 0.5) is 0 Å². The molecule has 0 fully saturated rings. The highest BCUT2D eigenvalue weighted by Crippen LogP contribution is 2.27. The summed E-state index contributed by atoms with van der Waals surface area (Å²) in [5.41, 5.74) is 1.90. The van der Waals surface area contributed by atoms with E-state index in [-0.39, 0.29) is 5.91 Å². The molecule has 0 saturated heterocycles. The third-order valence-corrected chi connectivity index (χ3v) is 5.31. The summed E-state index contributed by atoms with van der Waals surface area (Å²) in [5, 5.41) is 4.18. The van der Waals surface area contributed by atoms with Crippen molar-refractivity contribution in [3.63, 3.8) is 0 Å². The number of rotatable bonds is 6. The van der Waals surface area contributed by atoms with E-state index in [1.165, 1.54) is 34.8 Å². The van der Waals surface area contributed by atoms with Gasteiger partial charge in [-0.05, 0) is 44.2 Å². The van der Waals surface area contributed by atoms with Crippen molar-refractivity contribution >= 4 is 17.2 Å². The summed E-state index contributed by atoms with van der Waals surface area (Å²) in [4.78, 5) is 18.4. The Labute approximate surface area is 140 Å². The van der Waals surface area contributed by atoms with Crippen LogP contribution in [-0.4, -0.2) is 24.5 Å². The number of thiazole rings is 1. The monoisotopic (exact) mass is 330 g/mol. The number of hydrogen-bond donors (Lipinski definition) is 1. The molecule has 0 radical (unpaired) electrons. The van der Waals surface area contributed by atoms with Gasteiger partial charge in [0.05, 0.1) is 23.4 Å². The van der Waals surface area contributed by atoms with Crippen LogP contribution in [0.2, 0.25) is 0 Å². The number of aromatic nitrogens is 1. The Morgan fingerprint density at radius 1 is 1.30 bits per heavy atom. The van der Waals surface area contributed by atoms with Crippen LogP contribution in [0, 0.1) is 0 Å². The molecule has 1 amide bonds. The number of ether oxygens (including phenoxy) is 1. The largest absolute Gasteiger partial charge is 0.496 e. The van der Waals surface area contributed by atoms with Gasteiger partial charge in [-0.15, -0.1) is 11.3 Å². The van der Waals surface area contributed by atoms with Crippen molar-refractivity contribution in [3.8, 4) is 5.75 Å². The molecule has 5 heteroatoms. The molecule has 0 spiro atoms. The summed E-state index contributed by atoms with van der Waals surface area (Å²) in [6.07, 6.45) is 6.74. The van der Waals surface area contributed by atoms with Gasteiger partial charge in [-0.1, -0.05) is 12.1 Å². The van der Waals surface area contributed by atoms with Gasteiger partial charge in [0, 0.05) is 17.8 Å². The van der Waals surface area contributed by atoms with Crippen LogP contribution in [0.1, 0.15) is 45.2 Å². The maximum absolute atomic E-state index is 12.2. The van der Waals surface area contributed by atoms with E-state index in [0.717, 1.165) is 19.3 Å². The lowest BCUT2D eigenvalue weighted by Gasteiger charge is -2.08.